The average molecular weight is 481 g/mol. The van der Waals surface area contributed by atoms with Crippen LogP contribution in [0, 0.1) is 17.1 Å². The number of aromatic nitrogens is 5. The highest BCUT2D eigenvalue weighted by Crippen LogP contribution is 2.28. The third-order valence-electron chi connectivity index (χ3n) is 6.38. The maximum Gasteiger partial charge on any atom is 0.279 e. The SMILES string of the molecule is COC(C)(C)c1noc(-c2ncn3c2c(=O)n(CCN2CCOCC2)c2c(C#N)c(F)ccc23)n1. The number of imidazole rings is 1. The lowest BCUT2D eigenvalue weighted by Gasteiger charge is -2.27. The number of methoxy groups -OCH3 is 1. The molecule has 1 aliphatic heterocycles. The Morgan fingerprint density at radius 1 is 1.23 bits per heavy atom. The summed E-state index contributed by atoms with van der Waals surface area (Å²) in [5.74, 6) is -0.326. The molecule has 4 aromatic rings. The predicted molar refractivity (Wildman–Crippen MR) is 122 cm³/mol. The maximum absolute atomic E-state index is 14.6. The van der Waals surface area contributed by atoms with Crippen molar-refractivity contribution in [1.82, 2.24) is 29.0 Å². The summed E-state index contributed by atoms with van der Waals surface area (Å²) >= 11 is 0. The molecule has 11 nitrogen and oxygen atoms in total. The number of fused-ring (bicyclic) bond motifs is 3. The first-order valence-electron chi connectivity index (χ1n) is 11.2. The fraction of sp³-hybridized carbons (Fsp3) is 0.435. The molecule has 0 aliphatic carbocycles. The summed E-state index contributed by atoms with van der Waals surface area (Å²) in [6.45, 7) is 7.03. The second kappa shape index (κ2) is 8.84. The van der Waals surface area contributed by atoms with E-state index in [9.17, 15) is 14.4 Å². The van der Waals surface area contributed by atoms with Gasteiger partial charge in [0, 0.05) is 33.3 Å². The summed E-state index contributed by atoms with van der Waals surface area (Å²) in [7, 11) is 1.53. The topological polar surface area (TPSA) is 124 Å². The Morgan fingerprint density at radius 2 is 2.00 bits per heavy atom. The van der Waals surface area contributed by atoms with Crippen molar-refractivity contribution >= 4 is 16.6 Å². The van der Waals surface area contributed by atoms with Crippen molar-refractivity contribution in [3.05, 3.63) is 46.0 Å². The van der Waals surface area contributed by atoms with Gasteiger partial charge in [0.1, 0.15) is 34.9 Å². The zero-order chi connectivity index (χ0) is 24.7. The fourth-order valence-electron chi connectivity index (χ4n) is 4.19. The smallest absolute Gasteiger partial charge is 0.279 e. The van der Waals surface area contributed by atoms with E-state index < -0.39 is 17.0 Å². The minimum Gasteiger partial charge on any atom is -0.379 e. The molecule has 0 radical (unpaired) electrons. The van der Waals surface area contributed by atoms with Gasteiger partial charge in [0.05, 0.1) is 24.2 Å². The van der Waals surface area contributed by atoms with Gasteiger partial charge in [-0.1, -0.05) is 5.16 Å². The van der Waals surface area contributed by atoms with Gasteiger partial charge in [0.25, 0.3) is 11.4 Å². The molecule has 5 rings (SSSR count). The second-order valence-electron chi connectivity index (χ2n) is 8.76. The van der Waals surface area contributed by atoms with Crippen LogP contribution in [0.4, 0.5) is 4.39 Å². The van der Waals surface area contributed by atoms with Gasteiger partial charge >= 0.3 is 0 Å². The van der Waals surface area contributed by atoms with Gasteiger partial charge in [-0.3, -0.25) is 14.1 Å². The molecular weight excluding hydrogens is 457 g/mol. The van der Waals surface area contributed by atoms with Gasteiger partial charge in [-0.2, -0.15) is 10.2 Å². The minimum absolute atomic E-state index is 0.0615. The number of morpholine rings is 1. The minimum atomic E-state index is -0.804. The van der Waals surface area contributed by atoms with Crippen molar-refractivity contribution < 1.29 is 18.4 Å². The zero-order valence-corrected chi connectivity index (χ0v) is 19.6. The molecule has 0 N–H and O–H groups in total. The van der Waals surface area contributed by atoms with Crippen LogP contribution in [0.5, 0.6) is 0 Å². The largest absolute Gasteiger partial charge is 0.379 e. The van der Waals surface area contributed by atoms with E-state index >= 15 is 0 Å². The molecule has 0 unspecified atom stereocenters. The lowest BCUT2D eigenvalue weighted by atomic mass is 10.1. The molecular formula is C23H24FN7O4. The number of ether oxygens (including phenoxy) is 2. The molecule has 182 valence electrons. The molecule has 3 aromatic heterocycles. The van der Waals surface area contributed by atoms with Crippen LogP contribution < -0.4 is 5.56 Å². The molecule has 1 aromatic carbocycles. The number of halogens is 1. The molecule has 0 saturated carbocycles. The van der Waals surface area contributed by atoms with Gasteiger partial charge in [-0.25, -0.2) is 9.37 Å². The first-order chi connectivity index (χ1) is 16.9. The van der Waals surface area contributed by atoms with Crippen molar-refractivity contribution in [2.24, 2.45) is 0 Å². The number of hydrogen-bond donors (Lipinski definition) is 0. The number of hydrogen-bond acceptors (Lipinski definition) is 9. The van der Waals surface area contributed by atoms with Crippen molar-refractivity contribution in [2.75, 3.05) is 40.0 Å². The first kappa shape index (κ1) is 23.1. The normalized spacial score (nSPS) is 15.2. The van der Waals surface area contributed by atoms with E-state index in [0.29, 0.717) is 31.1 Å². The number of benzene rings is 1. The van der Waals surface area contributed by atoms with E-state index in [1.54, 1.807) is 13.8 Å². The summed E-state index contributed by atoms with van der Waals surface area (Å²) in [4.78, 5) is 24.8. The van der Waals surface area contributed by atoms with Crippen LogP contribution in [0.1, 0.15) is 25.2 Å². The van der Waals surface area contributed by atoms with E-state index in [-0.39, 0.29) is 34.7 Å². The molecule has 0 bridgehead atoms. The number of nitriles is 1. The van der Waals surface area contributed by atoms with E-state index in [1.807, 2.05) is 6.07 Å². The highest BCUT2D eigenvalue weighted by Gasteiger charge is 2.29. The van der Waals surface area contributed by atoms with Gasteiger partial charge in [0.2, 0.25) is 5.82 Å². The van der Waals surface area contributed by atoms with E-state index in [0.717, 1.165) is 13.1 Å². The second-order valence-corrected chi connectivity index (χ2v) is 8.76. The third kappa shape index (κ3) is 3.87. The predicted octanol–water partition coefficient (Wildman–Crippen LogP) is 1.92. The van der Waals surface area contributed by atoms with E-state index in [4.69, 9.17) is 14.0 Å². The Hall–Kier alpha value is -3.66. The first-order valence-corrected chi connectivity index (χ1v) is 11.2. The van der Waals surface area contributed by atoms with Crippen LogP contribution in [0.2, 0.25) is 0 Å². The zero-order valence-electron chi connectivity index (χ0n) is 19.6. The maximum atomic E-state index is 14.6. The highest BCUT2D eigenvalue weighted by atomic mass is 19.1. The Morgan fingerprint density at radius 3 is 2.71 bits per heavy atom. The van der Waals surface area contributed by atoms with E-state index in [2.05, 4.69) is 20.0 Å². The Bertz CT molecular complexity index is 1510. The molecule has 0 spiro atoms. The van der Waals surface area contributed by atoms with Crippen LogP contribution in [0.15, 0.2) is 27.8 Å². The Kier molecular flexibility index (Phi) is 5.84. The summed E-state index contributed by atoms with van der Waals surface area (Å²) in [5.41, 5.74) is -0.358. The number of rotatable bonds is 6. The van der Waals surface area contributed by atoms with Crippen LogP contribution in [-0.4, -0.2) is 69.0 Å². The number of nitrogens with zero attached hydrogens (tertiary/aromatic N) is 7. The fourth-order valence-corrected chi connectivity index (χ4v) is 4.19. The Labute approximate surface area is 199 Å². The third-order valence-corrected chi connectivity index (χ3v) is 6.38. The molecule has 12 heteroatoms. The molecule has 1 fully saturated rings. The molecule has 1 aliphatic rings. The summed E-state index contributed by atoms with van der Waals surface area (Å²) < 4.78 is 33.8. The highest BCUT2D eigenvalue weighted by molar-refractivity contribution is 5.87. The molecule has 0 atom stereocenters. The summed E-state index contributed by atoms with van der Waals surface area (Å²) in [6, 6.07) is 4.66. The van der Waals surface area contributed by atoms with Crippen LogP contribution >= 0.6 is 0 Å². The molecule has 35 heavy (non-hydrogen) atoms. The Balaban J connectivity index is 1.71. The van der Waals surface area contributed by atoms with E-state index in [1.165, 1.54) is 34.5 Å². The van der Waals surface area contributed by atoms with Gasteiger partial charge in [-0.05, 0) is 26.0 Å². The van der Waals surface area contributed by atoms with Crippen LogP contribution in [0.3, 0.4) is 0 Å². The lowest BCUT2D eigenvalue weighted by molar-refractivity contribution is 0.00973. The molecule has 0 amide bonds. The summed E-state index contributed by atoms with van der Waals surface area (Å²) in [5, 5.41) is 13.7. The molecule has 4 heterocycles. The van der Waals surface area contributed by atoms with Crippen molar-refractivity contribution in [1.29, 1.82) is 5.26 Å². The monoisotopic (exact) mass is 481 g/mol. The van der Waals surface area contributed by atoms with Crippen molar-refractivity contribution in [3.8, 4) is 17.7 Å². The van der Waals surface area contributed by atoms with Crippen LogP contribution in [0.25, 0.3) is 28.1 Å². The van der Waals surface area contributed by atoms with Crippen LogP contribution in [-0.2, 0) is 21.6 Å². The standard InChI is InChI=1S/C23H24FN7O4/c1-23(2,33-3)22-27-20(35-28-22)17-19-21(32)30(7-6-29-8-10-34-11-9-29)18-14(12-25)15(24)4-5-16(18)31(19)13-26-17/h4-5,13H,6-11H2,1-3H3. The van der Waals surface area contributed by atoms with Gasteiger partial charge in [0.15, 0.2) is 5.69 Å². The summed E-state index contributed by atoms with van der Waals surface area (Å²) in [6.07, 6.45) is 1.44. The quantitative estimate of drug-likeness (QED) is 0.406. The van der Waals surface area contributed by atoms with Gasteiger partial charge < -0.3 is 18.6 Å². The lowest BCUT2D eigenvalue weighted by Crippen LogP contribution is -2.39. The van der Waals surface area contributed by atoms with Crippen molar-refractivity contribution in [2.45, 2.75) is 26.0 Å². The van der Waals surface area contributed by atoms with Gasteiger partial charge in [-0.15, -0.1) is 0 Å². The average Bonchev–Trinajstić information content (AvgIpc) is 3.53. The van der Waals surface area contributed by atoms with Crippen molar-refractivity contribution in [3.63, 3.8) is 0 Å². The molecule has 1 saturated heterocycles.